The number of rotatable bonds is 6. The molecule has 0 aliphatic carbocycles. The molecular formula is C18H15ClF3N3O2. The Bertz CT molecular complexity index is 839. The summed E-state index contributed by atoms with van der Waals surface area (Å²) in [7, 11) is 0. The van der Waals surface area contributed by atoms with Crippen molar-refractivity contribution in [3.05, 3.63) is 65.0 Å². The van der Waals surface area contributed by atoms with Gasteiger partial charge in [-0.05, 0) is 35.9 Å². The van der Waals surface area contributed by atoms with E-state index in [0.29, 0.717) is 5.69 Å². The molecule has 0 spiro atoms. The predicted octanol–water partition coefficient (Wildman–Crippen LogP) is 3.91. The Morgan fingerprint density at radius 3 is 2.52 bits per heavy atom. The molecule has 1 aromatic heterocycles. The Balaban J connectivity index is 1.82. The number of carbonyl (C=O) groups excluding carboxylic acids is 2. The van der Waals surface area contributed by atoms with Crippen LogP contribution in [0.2, 0.25) is 5.02 Å². The smallest absolute Gasteiger partial charge is 0.352 e. The molecule has 27 heavy (non-hydrogen) atoms. The van der Waals surface area contributed by atoms with E-state index in [-0.39, 0.29) is 24.4 Å². The van der Waals surface area contributed by atoms with Gasteiger partial charge in [0.2, 0.25) is 11.8 Å². The van der Waals surface area contributed by atoms with Gasteiger partial charge in [-0.15, -0.1) is 0 Å². The molecule has 1 aromatic carbocycles. The summed E-state index contributed by atoms with van der Waals surface area (Å²) in [6.45, 7) is 0.0779. The van der Waals surface area contributed by atoms with E-state index < -0.39 is 22.7 Å². The molecule has 0 saturated heterocycles. The van der Waals surface area contributed by atoms with Crippen LogP contribution in [0, 0.1) is 0 Å². The quantitative estimate of drug-likeness (QED) is 0.726. The standard InChI is InChI=1S/C18H15ClF3N3O2/c19-15-3-1-12(11-14(15)18(20,21)22)2-4-16(26)24-10-7-17(27)25-13-5-8-23-9-6-13/h1-6,8-9,11H,7,10H2,(H,24,26)(H,23,25,27). The third-order valence-corrected chi connectivity index (χ3v) is 3.67. The predicted molar refractivity (Wildman–Crippen MR) is 96.0 cm³/mol. The number of nitrogens with zero attached hydrogens (tertiary/aromatic N) is 1. The number of nitrogens with one attached hydrogen (secondary N) is 2. The van der Waals surface area contributed by atoms with Crippen LogP contribution in [0.3, 0.4) is 0 Å². The van der Waals surface area contributed by atoms with E-state index in [4.69, 9.17) is 11.6 Å². The average Bonchev–Trinajstić information content (AvgIpc) is 2.61. The van der Waals surface area contributed by atoms with Crippen LogP contribution in [0.15, 0.2) is 48.8 Å². The molecule has 1 heterocycles. The number of hydrogen-bond acceptors (Lipinski definition) is 3. The Hall–Kier alpha value is -2.87. The van der Waals surface area contributed by atoms with E-state index in [2.05, 4.69) is 15.6 Å². The number of amides is 2. The van der Waals surface area contributed by atoms with Gasteiger partial charge in [-0.3, -0.25) is 14.6 Å². The van der Waals surface area contributed by atoms with E-state index in [0.717, 1.165) is 18.2 Å². The summed E-state index contributed by atoms with van der Waals surface area (Å²) < 4.78 is 38.4. The fraction of sp³-hybridized carbons (Fsp3) is 0.167. The van der Waals surface area contributed by atoms with Crippen molar-refractivity contribution >= 4 is 35.2 Å². The molecule has 0 aliphatic rings. The molecule has 9 heteroatoms. The number of aromatic nitrogens is 1. The first-order chi connectivity index (χ1) is 12.8. The van der Waals surface area contributed by atoms with Gasteiger partial charge in [0.1, 0.15) is 0 Å². The number of benzene rings is 1. The van der Waals surface area contributed by atoms with Gasteiger partial charge in [-0.25, -0.2) is 0 Å². The third-order valence-electron chi connectivity index (χ3n) is 3.34. The van der Waals surface area contributed by atoms with Gasteiger partial charge in [0.05, 0.1) is 10.6 Å². The fourth-order valence-corrected chi connectivity index (χ4v) is 2.28. The number of anilines is 1. The second kappa shape index (κ2) is 9.18. The Morgan fingerprint density at radius 1 is 1.15 bits per heavy atom. The summed E-state index contributed by atoms with van der Waals surface area (Å²) in [5.41, 5.74) is -0.207. The number of carbonyl (C=O) groups is 2. The lowest BCUT2D eigenvalue weighted by Gasteiger charge is -2.09. The minimum absolute atomic E-state index is 0.0427. The van der Waals surface area contributed by atoms with Gasteiger partial charge in [0, 0.05) is 37.1 Å². The largest absolute Gasteiger partial charge is 0.417 e. The monoisotopic (exact) mass is 397 g/mol. The highest BCUT2D eigenvalue weighted by Gasteiger charge is 2.33. The van der Waals surface area contributed by atoms with Gasteiger partial charge in [0.15, 0.2) is 0 Å². The molecule has 0 radical (unpaired) electrons. The second-order valence-corrected chi connectivity index (χ2v) is 5.80. The van der Waals surface area contributed by atoms with Crippen LogP contribution in [0.1, 0.15) is 17.5 Å². The molecule has 2 amide bonds. The highest BCUT2D eigenvalue weighted by Crippen LogP contribution is 2.35. The lowest BCUT2D eigenvalue weighted by Crippen LogP contribution is -2.26. The van der Waals surface area contributed by atoms with E-state index >= 15 is 0 Å². The first-order valence-corrected chi connectivity index (χ1v) is 8.16. The summed E-state index contributed by atoms with van der Waals surface area (Å²) in [6.07, 6.45) is 0.848. The maximum Gasteiger partial charge on any atom is 0.417 e. The Morgan fingerprint density at radius 2 is 1.85 bits per heavy atom. The van der Waals surface area contributed by atoms with Crippen molar-refractivity contribution in [1.29, 1.82) is 0 Å². The van der Waals surface area contributed by atoms with Crippen LogP contribution >= 0.6 is 11.6 Å². The molecule has 0 atom stereocenters. The van der Waals surface area contributed by atoms with Gasteiger partial charge in [-0.2, -0.15) is 13.2 Å². The third kappa shape index (κ3) is 6.74. The van der Waals surface area contributed by atoms with E-state index in [1.807, 2.05) is 0 Å². The lowest BCUT2D eigenvalue weighted by molar-refractivity contribution is -0.137. The van der Waals surface area contributed by atoms with Crippen LogP contribution < -0.4 is 10.6 Å². The molecule has 0 aliphatic heterocycles. The SMILES string of the molecule is O=C(C=Cc1ccc(Cl)c(C(F)(F)F)c1)NCCC(=O)Nc1ccncc1. The summed E-state index contributed by atoms with van der Waals surface area (Å²) in [5.74, 6) is -0.826. The van der Waals surface area contributed by atoms with Gasteiger partial charge in [0.25, 0.3) is 0 Å². The Labute approximate surface area is 158 Å². The minimum atomic E-state index is -4.58. The van der Waals surface area contributed by atoms with E-state index in [1.54, 1.807) is 12.1 Å². The van der Waals surface area contributed by atoms with Crippen molar-refractivity contribution in [2.24, 2.45) is 0 Å². The van der Waals surface area contributed by atoms with E-state index in [9.17, 15) is 22.8 Å². The van der Waals surface area contributed by atoms with Crippen molar-refractivity contribution in [2.45, 2.75) is 12.6 Å². The summed E-state index contributed by atoms with van der Waals surface area (Å²) in [5, 5.41) is 4.70. The van der Waals surface area contributed by atoms with Crippen LogP contribution in [0.25, 0.3) is 6.08 Å². The summed E-state index contributed by atoms with van der Waals surface area (Å²) in [6, 6.07) is 6.59. The Kier molecular flexibility index (Phi) is 6.95. The van der Waals surface area contributed by atoms with Crippen LogP contribution in [0.5, 0.6) is 0 Å². The fourth-order valence-electron chi connectivity index (χ4n) is 2.05. The number of halogens is 4. The molecule has 0 fully saturated rings. The van der Waals surface area contributed by atoms with Crippen LogP contribution in [0.4, 0.5) is 18.9 Å². The highest BCUT2D eigenvalue weighted by molar-refractivity contribution is 6.31. The van der Waals surface area contributed by atoms with Gasteiger partial charge < -0.3 is 10.6 Å². The lowest BCUT2D eigenvalue weighted by atomic mass is 10.1. The van der Waals surface area contributed by atoms with Crippen LogP contribution in [-0.4, -0.2) is 23.3 Å². The zero-order valence-corrected chi connectivity index (χ0v) is 14.6. The molecule has 0 unspecified atom stereocenters. The molecule has 142 valence electrons. The number of pyridine rings is 1. The maximum absolute atomic E-state index is 12.8. The zero-order valence-electron chi connectivity index (χ0n) is 13.9. The van der Waals surface area contributed by atoms with Crippen molar-refractivity contribution < 1.29 is 22.8 Å². The van der Waals surface area contributed by atoms with Crippen molar-refractivity contribution in [3.8, 4) is 0 Å². The van der Waals surface area contributed by atoms with Gasteiger partial charge in [-0.1, -0.05) is 17.7 Å². The minimum Gasteiger partial charge on any atom is -0.352 e. The highest BCUT2D eigenvalue weighted by atomic mass is 35.5. The second-order valence-electron chi connectivity index (χ2n) is 5.40. The summed E-state index contributed by atoms with van der Waals surface area (Å²) >= 11 is 5.54. The first-order valence-electron chi connectivity index (χ1n) is 7.78. The zero-order chi connectivity index (χ0) is 19.9. The molecule has 5 nitrogen and oxygen atoms in total. The van der Waals surface area contributed by atoms with Crippen molar-refractivity contribution in [3.63, 3.8) is 0 Å². The molecule has 2 rings (SSSR count). The molecule has 0 saturated carbocycles. The van der Waals surface area contributed by atoms with E-state index in [1.165, 1.54) is 24.5 Å². The summed E-state index contributed by atoms with van der Waals surface area (Å²) in [4.78, 5) is 27.3. The maximum atomic E-state index is 12.8. The molecule has 2 N–H and O–H groups in total. The normalized spacial score (nSPS) is 11.4. The number of hydrogen-bond donors (Lipinski definition) is 2. The topological polar surface area (TPSA) is 71.1 Å². The molecule has 2 aromatic rings. The van der Waals surface area contributed by atoms with Crippen LogP contribution in [-0.2, 0) is 15.8 Å². The molecule has 0 bridgehead atoms. The van der Waals surface area contributed by atoms with Gasteiger partial charge >= 0.3 is 6.18 Å². The first kappa shape index (κ1) is 20.4. The van der Waals surface area contributed by atoms with Crippen molar-refractivity contribution in [1.82, 2.24) is 10.3 Å². The number of alkyl halides is 3. The molecular weight excluding hydrogens is 383 g/mol. The average molecular weight is 398 g/mol. The van der Waals surface area contributed by atoms with Crippen molar-refractivity contribution in [2.75, 3.05) is 11.9 Å².